The van der Waals surface area contributed by atoms with E-state index in [4.69, 9.17) is 0 Å². The Kier molecular flexibility index (Phi) is 10.4. The zero-order chi connectivity index (χ0) is 25.3. The van der Waals surface area contributed by atoms with Gasteiger partial charge < -0.3 is 4.74 Å². The van der Waals surface area contributed by atoms with Crippen LogP contribution in [-0.4, -0.2) is 16.1 Å². The number of benzene rings is 2. The van der Waals surface area contributed by atoms with E-state index in [0.29, 0.717) is 5.56 Å². The fourth-order valence-corrected chi connectivity index (χ4v) is 8.67. The Hall–Kier alpha value is -1.75. The molecule has 5 heteroatoms. The molecular weight excluding hydrogens is 473 g/mol. The largest absolute Gasteiger partial charge is 0.432 e. The zero-order valence-corrected chi connectivity index (χ0v) is 23.3. The van der Waals surface area contributed by atoms with Crippen molar-refractivity contribution in [1.82, 2.24) is 0 Å². The molecule has 2 saturated carbocycles. The van der Waals surface area contributed by atoms with Gasteiger partial charge in [0.1, 0.15) is 0 Å². The molecule has 0 atom stereocenters. The maximum absolute atomic E-state index is 14.0. The number of hydrogen-bond acceptors (Lipinski definition) is 1. The van der Waals surface area contributed by atoms with Gasteiger partial charge in [-0.25, -0.2) is 4.39 Å². The van der Waals surface area contributed by atoms with Gasteiger partial charge in [0.15, 0.2) is 11.6 Å². The topological polar surface area (TPSA) is 9.23 Å². The fraction of sp³-hybridized carbons (Fsp3) is 0.613. The summed E-state index contributed by atoms with van der Waals surface area (Å²) in [7, 11) is 0.225. The molecular formula is C31H43F3OSi. The average Bonchev–Trinajstić information content (AvgIpc) is 2.89. The van der Waals surface area contributed by atoms with Crippen LogP contribution in [-0.2, 0) is 6.42 Å². The highest BCUT2D eigenvalue weighted by molar-refractivity contribution is 6.37. The van der Waals surface area contributed by atoms with E-state index < -0.39 is 18.2 Å². The quantitative estimate of drug-likeness (QED) is 0.214. The molecule has 4 rings (SSSR count). The lowest BCUT2D eigenvalue weighted by atomic mass is 9.70. The van der Waals surface area contributed by atoms with Gasteiger partial charge in [-0.3, -0.25) is 0 Å². The van der Waals surface area contributed by atoms with Gasteiger partial charge in [-0.2, -0.15) is 8.78 Å². The van der Waals surface area contributed by atoms with Crippen molar-refractivity contribution in [2.75, 3.05) is 0 Å². The van der Waals surface area contributed by atoms with Gasteiger partial charge >= 0.3 is 6.61 Å². The van der Waals surface area contributed by atoms with E-state index in [2.05, 4.69) is 23.8 Å². The highest BCUT2D eigenvalue weighted by Gasteiger charge is 2.30. The summed E-state index contributed by atoms with van der Waals surface area (Å²) in [5.74, 6) is 1.79. The molecule has 0 aliphatic heterocycles. The number of halogens is 3. The van der Waals surface area contributed by atoms with E-state index in [1.807, 2.05) is 12.1 Å². The second kappa shape index (κ2) is 13.7. The monoisotopic (exact) mass is 516 g/mol. The number of rotatable bonds is 11. The van der Waals surface area contributed by atoms with Crippen molar-refractivity contribution in [2.45, 2.75) is 102 Å². The molecule has 0 aromatic heterocycles. The minimum absolute atomic E-state index is 0.225. The van der Waals surface area contributed by atoms with Crippen LogP contribution in [0.2, 0.25) is 11.6 Å². The Morgan fingerprint density at radius 2 is 1.47 bits per heavy atom. The summed E-state index contributed by atoms with van der Waals surface area (Å²) in [6.07, 6.45) is 16.9. The Morgan fingerprint density at radius 1 is 0.833 bits per heavy atom. The summed E-state index contributed by atoms with van der Waals surface area (Å²) < 4.78 is 42.9. The van der Waals surface area contributed by atoms with Crippen LogP contribution >= 0.6 is 0 Å². The summed E-state index contributed by atoms with van der Waals surface area (Å²) in [6, 6.07) is 13.8. The molecule has 0 saturated heterocycles. The molecule has 0 spiro atoms. The van der Waals surface area contributed by atoms with Crippen LogP contribution < -0.4 is 4.74 Å². The predicted molar refractivity (Wildman–Crippen MR) is 146 cm³/mol. The smallest absolute Gasteiger partial charge is 0.387 e. The Bertz CT molecular complexity index is 916. The van der Waals surface area contributed by atoms with Crippen molar-refractivity contribution in [3.05, 3.63) is 53.8 Å². The molecule has 2 aromatic rings. The predicted octanol–water partition coefficient (Wildman–Crippen LogP) is 9.20. The number of ether oxygens (including phenoxy) is 1. The van der Waals surface area contributed by atoms with E-state index in [-0.39, 0.29) is 9.52 Å². The maximum Gasteiger partial charge on any atom is 0.387 e. The highest BCUT2D eigenvalue weighted by Crippen LogP contribution is 2.43. The lowest BCUT2D eigenvalue weighted by molar-refractivity contribution is -0.0521. The first kappa shape index (κ1) is 27.3. The van der Waals surface area contributed by atoms with Gasteiger partial charge in [-0.15, -0.1) is 0 Å². The molecule has 2 aliphatic rings. The summed E-state index contributed by atoms with van der Waals surface area (Å²) >= 11 is 0. The molecule has 2 fully saturated rings. The van der Waals surface area contributed by atoms with Crippen LogP contribution in [0.5, 0.6) is 5.75 Å². The van der Waals surface area contributed by atoms with E-state index in [9.17, 15) is 13.2 Å². The van der Waals surface area contributed by atoms with Crippen LogP contribution in [0, 0.1) is 23.6 Å². The van der Waals surface area contributed by atoms with Gasteiger partial charge in [-0.1, -0.05) is 100 Å². The average molecular weight is 517 g/mol. The van der Waals surface area contributed by atoms with Crippen molar-refractivity contribution in [3.8, 4) is 16.9 Å². The normalized spacial score (nSPS) is 25.0. The third kappa shape index (κ3) is 7.87. The number of aryl methyl sites for hydroxylation is 1. The molecule has 0 bridgehead atoms. The summed E-state index contributed by atoms with van der Waals surface area (Å²) in [5, 5.41) is 0. The van der Waals surface area contributed by atoms with Crippen molar-refractivity contribution in [2.24, 2.45) is 17.8 Å². The molecule has 0 unspecified atom stereocenters. The fourth-order valence-electron chi connectivity index (χ4n) is 6.80. The Morgan fingerprint density at radius 3 is 2.08 bits per heavy atom. The molecule has 36 heavy (non-hydrogen) atoms. The van der Waals surface area contributed by atoms with Crippen LogP contribution in [0.3, 0.4) is 0 Å². The second-order valence-corrected chi connectivity index (χ2v) is 14.0. The third-order valence-corrected chi connectivity index (χ3v) is 11.1. The van der Waals surface area contributed by atoms with Gasteiger partial charge in [-0.05, 0) is 72.3 Å². The van der Waals surface area contributed by atoms with Crippen molar-refractivity contribution in [1.29, 1.82) is 0 Å². The van der Waals surface area contributed by atoms with Crippen LogP contribution in [0.4, 0.5) is 13.2 Å². The van der Waals surface area contributed by atoms with Crippen molar-refractivity contribution >= 4 is 9.52 Å². The molecule has 1 nitrogen and oxygen atoms in total. The van der Waals surface area contributed by atoms with E-state index in [0.717, 1.165) is 35.3 Å². The first-order valence-electron chi connectivity index (χ1n) is 14.4. The van der Waals surface area contributed by atoms with E-state index >= 15 is 0 Å². The number of hydrogen-bond donors (Lipinski definition) is 0. The minimum Gasteiger partial charge on any atom is -0.432 e. The van der Waals surface area contributed by atoms with Crippen LogP contribution in [0.15, 0.2) is 42.5 Å². The SMILES string of the molecule is CC[SiH2][C@H]1CC[C@H](C2CCC(CCCCc3ccc(-c4ccc(OC(F)F)c(F)c4)cc3)CC2)CC1. The molecule has 2 aromatic carbocycles. The molecule has 0 radical (unpaired) electrons. The van der Waals surface area contributed by atoms with Crippen LogP contribution in [0.1, 0.15) is 83.1 Å². The number of alkyl halides is 2. The first-order valence-corrected chi connectivity index (χ1v) is 16.2. The number of unbranched alkanes of at least 4 members (excludes halogenated alkanes) is 1. The molecule has 2 aliphatic carbocycles. The molecule has 0 heterocycles. The molecule has 0 amide bonds. The maximum atomic E-state index is 14.0. The van der Waals surface area contributed by atoms with E-state index in [1.54, 1.807) is 18.9 Å². The van der Waals surface area contributed by atoms with Crippen LogP contribution in [0.25, 0.3) is 11.1 Å². The molecule has 198 valence electrons. The lowest BCUT2D eigenvalue weighted by Crippen LogP contribution is -2.25. The van der Waals surface area contributed by atoms with E-state index in [1.165, 1.54) is 81.5 Å². The summed E-state index contributed by atoms with van der Waals surface area (Å²) in [6.45, 7) is -0.638. The summed E-state index contributed by atoms with van der Waals surface area (Å²) in [4.78, 5) is 0. The molecule has 0 N–H and O–H groups in total. The van der Waals surface area contributed by atoms with Crippen molar-refractivity contribution < 1.29 is 17.9 Å². The Balaban J connectivity index is 1.14. The standard InChI is InChI=1S/C31H43F3OSi/c1-2-36-28-18-15-25(16-19-28)24-11-7-22(8-12-24)5-3-4-6-23-9-13-26(14-10-23)27-17-20-30(29(32)21-27)35-31(33)34/h9-10,13-14,17,20-22,24-25,28,31H,2-8,11-12,15-16,18-19,36H2,1H3/t22?,24?,25-,28-. The highest BCUT2D eigenvalue weighted by atomic mass is 28.2. The van der Waals surface area contributed by atoms with Gasteiger partial charge in [0.2, 0.25) is 0 Å². The lowest BCUT2D eigenvalue weighted by Gasteiger charge is -2.38. The van der Waals surface area contributed by atoms with Gasteiger partial charge in [0, 0.05) is 9.52 Å². The summed E-state index contributed by atoms with van der Waals surface area (Å²) in [5.41, 5.74) is 3.98. The zero-order valence-electron chi connectivity index (χ0n) is 21.9. The second-order valence-electron chi connectivity index (χ2n) is 11.3. The minimum atomic E-state index is -3.03. The van der Waals surface area contributed by atoms with Gasteiger partial charge in [0.25, 0.3) is 0 Å². The Labute approximate surface area is 218 Å². The van der Waals surface area contributed by atoms with Gasteiger partial charge in [0.05, 0.1) is 0 Å². The first-order chi connectivity index (χ1) is 17.5. The van der Waals surface area contributed by atoms with Crippen molar-refractivity contribution in [3.63, 3.8) is 0 Å². The third-order valence-electron chi connectivity index (χ3n) is 8.91.